The number of nitrogens with one attached hydrogen (secondary N) is 2. The average Bonchev–Trinajstić information content (AvgIpc) is 2.10. The van der Waals surface area contributed by atoms with Crippen molar-refractivity contribution in [1.82, 2.24) is 15.3 Å². The standard InChI is InChI=1S/C6H8BrN3/c7-5-3-9-6(10-5)4-1-2-8-4/h3-4,8H,1-2H2,(H,9,10). The molecular formula is C6H8BrN3. The van der Waals surface area contributed by atoms with Crippen LogP contribution in [0.15, 0.2) is 10.8 Å². The maximum atomic E-state index is 4.17. The number of rotatable bonds is 1. The van der Waals surface area contributed by atoms with Crippen molar-refractivity contribution in [3.05, 3.63) is 16.6 Å². The lowest BCUT2D eigenvalue weighted by Crippen LogP contribution is -2.35. The van der Waals surface area contributed by atoms with Crippen LogP contribution in [0.1, 0.15) is 18.3 Å². The molecule has 0 radical (unpaired) electrons. The molecule has 1 saturated heterocycles. The SMILES string of the molecule is Brc1cnc(C2CCN2)[nH]1. The van der Waals surface area contributed by atoms with Gasteiger partial charge >= 0.3 is 0 Å². The van der Waals surface area contributed by atoms with E-state index in [2.05, 4.69) is 31.2 Å². The highest BCUT2D eigenvalue weighted by atomic mass is 79.9. The molecule has 2 N–H and O–H groups in total. The van der Waals surface area contributed by atoms with Crippen molar-refractivity contribution >= 4 is 15.9 Å². The van der Waals surface area contributed by atoms with Crippen molar-refractivity contribution < 1.29 is 0 Å². The summed E-state index contributed by atoms with van der Waals surface area (Å²) in [6.45, 7) is 1.11. The molecule has 0 spiro atoms. The lowest BCUT2D eigenvalue weighted by molar-refractivity contribution is 0.368. The Morgan fingerprint density at radius 3 is 2.90 bits per heavy atom. The molecule has 2 rings (SSSR count). The normalized spacial score (nSPS) is 24.3. The Labute approximate surface area is 67.4 Å². The van der Waals surface area contributed by atoms with Crippen LogP contribution in [0.2, 0.25) is 0 Å². The molecule has 1 aromatic rings. The van der Waals surface area contributed by atoms with Gasteiger partial charge in [-0.15, -0.1) is 0 Å². The second-order valence-electron chi connectivity index (χ2n) is 2.41. The van der Waals surface area contributed by atoms with Gasteiger partial charge in [-0.2, -0.15) is 0 Å². The number of halogens is 1. The van der Waals surface area contributed by atoms with Crippen molar-refractivity contribution in [2.45, 2.75) is 12.5 Å². The van der Waals surface area contributed by atoms with Gasteiger partial charge in [0.05, 0.1) is 12.2 Å². The highest BCUT2D eigenvalue weighted by molar-refractivity contribution is 9.10. The smallest absolute Gasteiger partial charge is 0.124 e. The monoisotopic (exact) mass is 201 g/mol. The third-order valence-corrected chi connectivity index (χ3v) is 2.12. The molecule has 1 aliphatic heterocycles. The molecule has 4 heteroatoms. The Balaban J connectivity index is 2.17. The lowest BCUT2D eigenvalue weighted by Gasteiger charge is -2.25. The summed E-state index contributed by atoms with van der Waals surface area (Å²) in [4.78, 5) is 7.29. The summed E-state index contributed by atoms with van der Waals surface area (Å²) in [5.41, 5.74) is 0. The lowest BCUT2D eigenvalue weighted by atomic mass is 10.1. The first-order valence-corrected chi connectivity index (χ1v) is 4.09. The van der Waals surface area contributed by atoms with Gasteiger partial charge in [-0.05, 0) is 28.9 Å². The zero-order valence-corrected chi connectivity index (χ0v) is 6.98. The van der Waals surface area contributed by atoms with Crippen molar-refractivity contribution in [3.63, 3.8) is 0 Å². The summed E-state index contributed by atoms with van der Waals surface area (Å²) >= 11 is 3.31. The van der Waals surface area contributed by atoms with E-state index < -0.39 is 0 Å². The molecule has 0 aromatic carbocycles. The van der Waals surface area contributed by atoms with Crippen LogP contribution in [0.5, 0.6) is 0 Å². The summed E-state index contributed by atoms with van der Waals surface area (Å²) in [5.74, 6) is 1.04. The molecule has 1 aliphatic rings. The minimum Gasteiger partial charge on any atom is -0.335 e. The van der Waals surface area contributed by atoms with Gasteiger partial charge in [-0.3, -0.25) is 0 Å². The zero-order chi connectivity index (χ0) is 6.97. The summed E-state index contributed by atoms with van der Waals surface area (Å²) in [5, 5.41) is 3.26. The van der Waals surface area contributed by atoms with E-state index in [1.54, 1.807) is 6.20 Å². The van der Waals surface area contributed by atoms with E-state index >= 15 is 0 Å². The summed E-state index contributed by atoms with van der Waals surface area (Å²) in [6, 6.07) is 0.464. The fourth-order valence-corrected chi connectivity index (χ4v) is 1.32. The largest absolute Gasteiger partial charge is 0.335 e. The Bertz CT molecular complexity index is 229. The molecule has 54 valence electrons. The zero-order valence-electron chi connectivity index (χ0n) is 5.39. The van der Waals surface area contributed by atoms with Crippen LogP contribution >= 0.6 is 15.9 Å². The van der Waals surface area contributed by atoms with Gasteiger partial charge in [0.2, 0.25) is 0 Å². The molecule has 2 heterocycles. The van der Waals surface area contributed by atoms with E-state index in [9.17, 15) is 0 Å². The number of hydrogen-bond acceptors (Lipinski definition) is 2. The van der Waals surface area contributed by atoms with Gasteiger partial charge in [-0.1, -0.05) is 0 Å². The highest BCUT2D eigenvalue weighted by Gasteiger charge is 2.20. The third-order valence-electron chi connectivity index (χ3n) is 1.72. The van der Waals surface area contributed by atoms with Crippen LogP contribution < -0.4 is 5.32 Å². The predicted octanol–water partition coefficient (Wildman–Crippen LogP) is 1.21. The van der Waals surface area contributed by atoms with E-state index in [0.29, 0.717) is 6.04 Å². The molecule has 1 fully saturated rings. The molecule has 0 aliphatic carbocycles. The van der Waals surface area contributed by atoms with Gasteiger partial charge in [-0.25, -0.2) is 4.98 Å². The molecule has 1 atom stereocenters. The fourth-order valence-electron chi connectivity index (χ4n) is 1.01. The molecule has 0 amide bonds. The van der Waals surface area contributed by atoms with Crippen molar-refractivity contribution in [1.29, 1.82) is 0 Å². The molecule has 3 nitrogen and oxygen atoms in total. The number of aromatic amines is 1. The fraction of sp³-hybridized carbons (Fsp3) is 0.500. The van der Waals surface area contributed by atoms with Gasteiger partial charge in [0.1, 0.15) is 10.4 Å². The third kappa shape index (κ3) is 0.973. The molecule has 0 bridgehead atoms. The quantitative estimate of drug-likeness (QED) is 0.718. The number of nitrogens with zero attached hydrogens (tertiary/aromatic N) is 1. The van der Waals surface area contributed by atoms with Crippen LogP contribution in [-0.4, -0.2) is 16.5 Å². The van der Waals surface area contributed by atoms with Gasteiger partial charge < -0.3 is 10.3 Å². The van der Waals surface area contributed by atoms with Crippen molar-refractivity contribution in [2.75, 3.05) is 6.54 Å². The number of hydrogen-bond donors (Lipinski definition) is 2. The molecule has 1 unspecified atom stereocenters. The van der Waals surface area contributed by atoms with E-state index in [-0.39, 0.29) is 0 Å². The van der Waals surface area contributed by atoms with E-state index in [1.165, 1.54) is 6.42 Å². The van der Waals surface area contributed by atoms with Gasteiger partial charge in [0.25, 0.3) is 0 Å². The minimum absolute atomic E-state index is 0.464. The Kier molecular flexibility index (Phi) is 1.50. The molecular weight excluding hydrogens is 194 g/mol. The average molecular weight is 202 g/mol. The van der Waals surface area contributed by atoms with Gasteiger partial charge in [0.15, 0.2) is 0 Å². The Hall–Kier alpha value is -0.350. The highest BCUT2D eigenvalue weighted by Crippen LogP contribution is 2.20. The minimum atomic E-state index is 0.464. The van der Waals surface area contributed by atoms with Crippen LogP contribution in [0.3, 0.4) is 0 Å². The Morgan fingerprint density at radius 2 is 2.50 bits per heavy atom. The first kappa shape index (κ1) is 6.37. The second-order valence-corrected chi connectivity index (χ2v) is 3.27. The van der Waals surface area contributed by atoms with Crippen LogP contribution in [0.25, 0.3) is 0 Å². The van der Waals surface area contributed by atoms with Crippen LogP contribution in [0, 0.1) is 0 Å². The predicted molar refractivity (Wildman–Crippen MR) is 41.6 cm³/mol. The van der Waals surface area contributed by atoms with Gasteiger partial charge in [0, 0.05) is 0 Å². The first-order valence-electron chi connectivity index (χ1n) is 3.30. The van der Waals surface area contributed by atoms with E-state index in [1.807, 2.05) is 0 Å². The molecule has 0 saturated carbocycles. The second kappa shape index (κ2) is 2.36. The maximum absolute atomic E-state index is 4.17. The van der Waals surface area contributed by atoms with Crippen LogP contribution in [0.4, 0.5) is 0 Å². The van der Waals surface area contributed by atoms with Crippen molar-refractivity contribution in [3.8, 4) is 0 Å². The number of H-pyrrole nitrogens is 1. The van der Waals surface area contributed by atoms with Crippen molar-refractivity contribution in [2.24, 2.45) is 0 Å². The summed E-state index contributed by atoms with van der Waals surface area (Å²) in [7, 11) is 0. The molecule has 1 aromatic heterocycles. The topological polar surface area (TPSA) is 40.7 Å². The number of imidazole rings is 1. The van der Waals surface area contributed by atoms with E-state index in [0.717, 1.165) is 17.0 Å². The first-order chi connectivity index (χ1) is 4.86. The van der Waals surface area contributed by atoms with Crippen LogP contribution in [-0.2, 0) is 0 Å². The summed E-state index contributed by atoms with van der Waals surface area (Å²) in [6.07, 6.45) is 2.98. The Morgan fingerprint density at radius 1 is 1.70 bits per heavy atom. The van der Waals surface area contributed by atoms with E-state index in [4.69, 9.17) is 0 Å². The maximum Gasteiger partial charge on any atom is 0.124 e. The summed E-state index contributed by atoms with van der Waals surface area (Å²) < 4.78 is 0.955. The molecule has 10 heavy (non-hydrogen) atoms. The number of aromatic nitrogens is 2.